The largest absolute Gasteiger partial charge is 0.392 e. The van der Waals surface area contributed by atoms with Crippen LogP contribution in [0.5, 0.6) is 0 Å². The molecule has 1 aromatic rings. The fraction of sp³-hybridized carbons (Fsp3) is 0.450. The molecule has 1 saturated heterocycles. The van der Waals surface area contributed by atoms with Crippen LogP contribution in [0.3, 0.4) is 0 Å². The molecule has 0 radical (unpaired) electrons. The first-order chi connectivity index (χ1) is 13.0. The van der Waals surface area contributed by atoms with Gasteiger partial charge in [-0.15, -0.1) is 0 Å². The quantitative estimate of drug-likeness (QED) is 0.621. The lowest BCUT2D eigenvalue weighted by molar-refractivity contribution is -0.125. The fourth-order valence-corrected chi connectivity index (χ4v) is 3.14. The van der Waals surface area contributed by atoms with Crippen LogP contribution in [0.15, 0.2) is 36.4 Å². The van der Waals surface area contributed by atoms with Crippen LogP contribution in [0.1, 0.15) is 42.6 Å². The number of aliphatic hydroxyl groups is 1. The van der Waals surface area contributed by atoms with E-state index in [2.05, 4.69) is 10.6 Å². The van der Waals surface area contributed by atoms with Crippen LogP contribution in [0.2, 0.25) is 0 Å². The lowest BCUT2D eigenvalue weighted by Gasteiger charge is -2.23. The average molecular weight is 373 g/mol. The van der Waals surface area contributed by atoms with Gasteiger partial charge in [0.1, 0.15) is 6.04 Å². The molecule has 1 fully saturated rings. The zero-order chi connectivity index (χ0) is 19.8. The van der Waals surface area contributed by atoms with E-state index < -0.39 is 6.04 Å². The normalized spacial score (nSPS) is 19.3. The van der Waals surface area contributed by atoms with Crippen LogP contribution in [0.4, 0.5) is 0 Å². The number of carbonyl (C=O) groups excluding carboxylic acids is 3. The molecule has 3 amide bonds. The Morgan fingerprint density at radius 2 is 1.96 bits per heavy atom. The van der Waals surface area contributed by atoms with Crippen molar-refractivity contribution in [3.05, 3.63) is 47.5 Å². The molecule has 1 aliphatic heterocycles. The first kappa shape index (κ1) is 20.6. The van der Waals surface area contributed by atoms with E-state index in [0.29, 0.717) is 24.1 Å². The van der Waals surface area contributed by atoms with E-state index in [1.54, 1.807) is 36.4 Å². The number of amides is 3. The highest BCUT2D eigenvalue weighted by Crippen LogP contribution is 2.21. The predicted molar refractivity (Wildman–Crippen MR) is 102 cm³/mol. The second-order valence-corrected chi connectivity index (χ2v) is 6.50. The third kappa shape index (κ3) is 5.40. The number of hydrogen-bond acceptors (Lipinski definition) is 4. The number of likely N-dealkylation sites (tertiary alicyclic amines) is 1. The van der Waals surface area contributed by atoms with Crippen molar-refractivity contribution in [1.29, 1.82) is 0 Å². The average Bonchev–Trinajstić information content (AvgIpc) is 3.09. The van der Waals surface area contributed by atoms with Crippen molar-refractivity contribution in [3.8, 4) is 0 Å². The highest BCUT2D eigenvalue weighted by Gasteiger charge is 2.40. The van der Waals surface area contributed by atoms with E-state index >= 15 is 0 Å². The van der Waals surface area contributed by atoms with Crippen LogP contribution < -0.4 is 10.6 Å². The summed E-state index contributed by atoms with van der Waals surface area (Å²) in [5.74, 6) is -0.613. The summed E-state index contributed by atoms with van der Waals surface area (Å²) in [6, 6.07) is 5.75. The number of nitrogens with zero attached hydrogens (tertiary/aromatic N) is 1. The maximum absolute atomic E-state index is 12.9. The smallest absolute Gasteiger partial charge is 0.254 e. The van der Waals surface area contributed by atoms with Crippen LogP contribution in [0.25, 0.3) is 0 Å². The predicted octanol–water partition coefficient (Wildman–Crippen LogP) is 0.980. The molecule has 1 heterocycles. The lowest BCUT2D eigenvalue weighted by Crippen LogP contribution is -2.46. The highest BCUT2D eigenvalue weighted by atomic mass is 16.3. The van der Waals surface area contributed by atoms with Crippen molar-refractivity contribution < 1.29 is 19.5 Å². The Labute approximate surface area is 159 Å². The van der Waals surface area contributed by atoms with Gasteiger partial charge in [0.05, 0.1) is 6.61 Å². The third-order valence-electron chi connectivity index (χ3n) is 4.50. The topological polar surface area (TPSA) is 98.7 Å². The number of likely N-dealkylation sites (N-methyl/N-ethyl adjacent to an activating group) is 1. The van der Waals surface area contributed by atoms with Crippen molar-refractivity contribution in [2.45, 2.75) is 45.4 Å². The molecule has 0 saturated carbocycles. The summed E-state index contributed by atoms with van der Waals surface area (Å²) < 4.78 is 0. The summed E-state index contributed by atoms with van der Waals surface area (Å²) in [4.78, 5) is 38.9. The van der Waals surface area contributed by atoms with Gasteiger partial charge in [0.15, 0.2) is 0 Å². The number of allylic oxidation sites excluding steroid dienone is 1. The van der Waals surface area contributed by atoms with Gasteiger partial charge < -0.3 is 20.6 Å². The van der Waals surface area contributed by atoms with Gasteiger partial charge in [0.2, 0.25) is 11.8 Å². The Balaban J connectivity index is 2.14. The molecule has 0 aliphatic carbocycles. The number of benzene rings is 1. The molecule has 2 atom stereocenters. The molecule has 1 aliphatic rings. The van der Waals surface area contributed by atoms with Crippen LogP contribution in [0, 0.1) is 0 Å². The second-order valence-electron chi connectivity index (χ2n) is 6.50. The second kappa shape index (κ2) is 9.87. The number of nitrogens with one attached hydrogen (secondary N) is 2. The van der Waals surface area contributed by atoms with E-state index in [1.165, 1.54) is 4.90 Å². The van der Waals surface area contributed by atoms with E-state index in [-0.39, 0.29) is 43.3 Å². The zero-order valence-electron chi connectivity index (χ0n) is 15.8. The van der Waals surface area contributed by atoms with Crippen molar-refractivity contribution in [2.24, 2.45) is 0 Å². The number of carbonyl (C=O) groups is 3. The molecule has 0 unspecified atom stereocenters. The van der Waals surface area contributed by atoms with Gasteiger partial charge in [-0.2, -0.15) is 0 Å². The summed E-state index contributed by atoms with van der Waals surface area (Å²) in [6.07, 6.45) is 4.22. The summed E-state index contributed by atoms with van der Waals surface area (Å²) in [5, 5.41) is 14.8. The standard InChI is InChI=1S/C20H27N3O4/c1-3-5-6-18(25)22-16-11-17(19(26)21-4-2)23(12-16)20(27)15-9-7-14(13-24)8-10-15/h3,5,7-10,16-17,24H,4,6,11-13H2,1-2H3,(H,21,26)(H,22,25)/b5-3+/t16-,17+/m1/s1. The molecular formula is C20H27N3O4. The molecule has 0 bridgehead atoms. The number of rotatable bonds is 7. The van der Waals surface area contributed by atoms with E-state index in [1.807, 2.05) is 13.8 Å². The van der Waals surface area contributed by atoms with Crippen molar-refractivity contribution in [3.63, 3.8) is 0 Å². The molecule has 1 aromatic carbocycles. The maximum Gasteiger partial charge on any atom is 0.254 e. The molecule has 7 nitrogen and oxygen atoms in total. The molecule has 2 rings (SSSR count). The summed E-state index contributed by atoms with van der Waals surface area (Å²) in [7, 11) is 0. The third-order valence-corrected chi connectivity index (χ3v) is 4.50. The van der Waals surface area contributed by atoms with E-state index in [0.717, 1.165) is 0 Å². The van der Waals surface area contributed by atoms with Crippen molar-refractivity contribution in [1.82, 2.24) is 15.5 Å². The molecule has 7 heteroatoms. The minimum atomic E-state index is -0.623. The Morgan fingerprint density at radius 1 is 1.26 bits per heavy atom. The van der Waals surface area contributed by atoms with Crippen LogP contribution >= 0.6 is 0 Å². The first-order valence-corrected chi connectivity index (χ1v) is 9.19. The Morgan fingerprint density at radius 3 is 2.56 bits per heavy atom. The van der Waals surface area contributed by atoms with Gasteiger partial charge in [-0.1, -0.05) is 24.3 Å². The van der Waals surface area contributed by atoms with E-state index in [4.69, 9.17) is 5.11 Å². The fourth-order valence-electron chi connectivity index (χ4n) is 3.14. The minimum absolute atomic E-state index is 0.0972. The highest BCUT2D eigenvalue weighted by molar-refractivity contribution is 5.98. The Hall–Kier alpha value is -2.67. The SMILES string of the molecule is C/C=C/CC(=O)N[C@@H]1C[C@@H](C(=O)NCC)N(C(=O)c2ccc(CO)cc2)C1. The monoisotopic (exact) mass is 373 g/mol. The van der Waals surface area contributed by atoms with Gasteiger partial charge in [-0.25, -0.2) is 0 Å². The molecule has 146 valence electrons. The van der Waals surface area contributed by atoms with Gasteiger partial charge in [0, 0.05) is 31.1 Å². The first-order valence-electron chi connectivity index (χ1n) is 9.19. The molecular weight excluding hydrogens is 346 g/mol. The van der Waals surface area contributed by atoms with Crippen molar-refractivity contribution in [2.75, 3.05) is 13.1 Å². The Bertz CT molecular complexity index is 700. The lowest BCUT2D eigenvalue weighted by atomic mass is 10.1. The van der Waals surface area contributed by atoms with Gasteiger partial charge in [-0.3, -0.25) is 14.4 Å². The minimum Gasteiger partial charge on any atom is -0.392 e. The molecule has 27 heavy (non-hydrogen) atoms. The summed E-state index contributed by atoms with van der Waals surface area (Å²) in [5.41, 5.74) is 1.16. The van der Waals surface area contributed by atoms with Gasteiger partial charge in [-0.05, 0) is 38.0 Å². The molecule has 0 spiro atoms. The van der Waals surface area contributed by atoms with Gasteiger partial charge >= 0.3 is 0 Å². The van der Waals surface area contributed by atoms with Gasteiger partial charge in [0.25, 0.3) is 5.91 Å². The number of hydrogen-bond donors (Lipinski definition) is 3. The Kier molecular flexibility index (Phi) is 7.55. The number of aliphatic hydroxyl groups excluding tert-OH is 1. The molecule has 3 N–H and O–H groups in total. The van der Waals surface area contributed by atoms with E-state index in [9.17, 15) is 14.4 Å². The van der Waals surface area contributed by atoms with Crippen LogP contribution in [-0.4, -0.2) is 52.9 Å². The van der Waals surface area contributed by atoms with Crippen molar-refractivity contribution >= 4 is 17.7 Å². The molecule has 0 aromatic heterocycles. The zero-order valence-corrected chi connectivity index (χ0v) is 15.8. The summed E-state index contributed by atoms with van der Waals surface area (Å²) >= 11 is 0. The maximum atomic E-state index is 12.9. The van der Waals surface area contributed by atoms with Crippen LogP contribution in [-0.2, 0) is 16.2 Å². The summed E-state index contributed by atoms with van der Waals surface area (Å²) in [6.45, 7) is 4.32.